The van der Waals surface area contributed by atoms with Crippen molar-refractivity contribution in [1.29, 1.82) is 0 Å². The van der Waals surface area contributed by atoms with Crippen molar-refractivity contribution in [3.63, 3.8) is 0 Å². The van der Waals surface area contributed by atoms with Gasteiger partial charge in [-0.15, -0.1) is 6.58 Å². The van der Waals surface area contributed by atoms with E-state index in [1.165, 1.54) is 0 Å². The smallest absolute Gasteiger partial charge is 0.136 e. The van der Waals surface area contributed by atoms with E-state index >= 15 is 0 Å². The van der Waals surface area contributed by atoms with Gasteiger partial charge in [0.25, 0.3) is 0 Å². The molecule has 0 aromatic heterocycles. The second-order valence-corrected chi connectivity index (χ2v) is 4.45. The first-order valence-corrected chi connectivity index (χ1v) is 5.28. The zero-order chi connectivity index (χ0) is 9.84. The topological polar surface area (TPSA) is 17.1 Å². The maximum atomic E-state index is 11.5. The lowest BCUT2D eigenvalue weighted by atomic mass is 9.87. The number of ketones is 1. The summed E-state index contributed by atoms with van der Waals surface area (Å²) < 4.78 is 0. The van der Waals surface area contributed by atoms with E-state index < -0.39 is 0 Å². The predicted molar refractivity (Wildman–Crippen MR) is 55.5 cm³/mol. The van der Waals surface area contributed by atoms with Crippen molar-refractivity contribution in [1.82, 2.24) is 0 Å². The molecular weight excluding hydrogens is 160 g/mol. The molecule has 1 saturated carbocycles. The Balaban J connectivity index is 2.42. The highest BCUT2D eigenvalue weighted by Crippen LogP contribution is 2.33. The molecule has 13 heavy (non-hydrogen) atoms. The van der Waals surface area contributed by atoms with E-state index in [1.54, 1.807) is 0 Å². The fourth-order valence-corrected chi connectivity index (χ4v) is 2.25. The Morgan fingerprint density at radius 1 is 1.69 bits per heavy atom. The number of rotatable bonds is 4. The van der Waals surface area contributed by atoms with Gasteiger partial charge in [0.2, 0.25) is 0 Å². The van der Waals surface area contributed by atoms with Crippen LogP contribution in [-0.2, 0) is 4.79 Å². The molecule has 0 spiro atoms. The molecule has 1 unspecified atom stereocenters. The average Bonchev–Trinajstić information content (AvgIpc) is 2.36. The van der Waals surface area contributed by atoms with Crippen LogP contribution in [0.2, 0.25) is 0 Å². The summed E-state index contributed by atoms with van der Waals surface area (Å²) in [6, 6.07) is 0. The van der Waals surface area contributed by atoms with Crippen molar-refractivity contribution in [3.05, 3.63) is 12.7 Å². The van der Waals surface area contributed by atoms with Crippen molar-refractivity contribution in [3.8, 4) is 0 Å². The highest BCUT2D eigenvalue weighted by atomic mass is 16.1. The summed E-state index contributed by atoms with van der Waals surface area (Å²) in [7, 11) is 0. The Labute approximate surface area is 81.2 Å². The molecular formula is C12H20O. The molecule has 0 aromatic carbocycles. The molecule has 1 fully saturated rings. The zero-order valence-electron chi connectivity index (χ0n) is 8.75. The molecule has 1 rings (SSSR count). The Kier molecular flexibility index (Phi) is 3.71. The van der Waals surface area contributed by atoms with Gasteiger partial charge in [0.15, 0.2) is 0 Å². The SMILES string of the molecule is C=CC[C@@H](C)C[C@H]1C(=O)CCC1C. The molecule has 0 bridgehead atoms. The van der Waals surface area contributed by atoms with E-state index in [9.17, 15) is 4.79 Å². The summed E-state index contributed by atoms with van der Waals surface area (Å²) in [6.07, 6.45) is 5.97. The van der Waals surface area contributed by atoms with Gasteiger partial charge in [-0.25, -0.2) is 0 Å². The van der Waals surface area contributed by atoms with Crippen molar-refractivity contribution >= 4 is 5.78 Å². The Morgan fingerprint density at radius 3 is 2.85 bits per heavy atom. The first-order chi connectivity index (χ1) is 6.15. The molecule has 0 amide bonds. The third-order valence-electron chi connectivity index (χ3n) is 3.17. The van der Waals surface area contributed by atoms with Gasteiger partial charge in [-0.05, 0) is 31.1 Å². The molecule has 0 radical (unpaired) electrons. The monoisotopic (exact) mass is 180 g/mol. The van der Waals surface area contributed by atoms with Gasteiger partial charge in [0.1, 0.15) is 5.78 Å². The van der Waals surface area contributed by atoms with Crippen LogP contribution in [-0.4, -0.2) is 5.78 Å². The summed E-state index contributed by atoms with van der Waals surface area (Å²) in [5, 5.41) is 0. The molecule has 1 aliphatic carbocycles. The normalized spacial score (nSPS) is 30.5. The number of hydrogen-bond acceptors (Lipinski definition) is 1. The van der Waals surface area contributed by atoms with E-state index in [4.69, 9.17) is 0 Å². The molecule has 0 N–H and O–H groups in total. The third kappa shape index (κ3) is 2.68. The summed E-state index contributed by atoms with van der Waals surface area (Å²) >= 11 is 0. The Bertz CT molecular complexity index is 195. The molecule has 1 nitrogen and oxygen atoms in total. The molecule has 74 valence electrons. The van der Waals surface area contributed by atoms with Gasteiger partial charge in [0, 0.05) is 12.3 Å². The minimum Gasteiger partial charge on any atom is -0.299 e. The van der Waals surface area contributed by atoms with Gasteiger partial charge < -0.3 is 0 Å². The minimum atomic E-state index is 0.343. The Morgan fingerprint density at radius 2 is 2.38 bits per heavy atom. The fourth-order valence-electron chi connectivity index (χ4n) is 2.25. The average molecular weight is 180 g/mol. The summed E-state index contributed by atoms with van der Waals surface area (Å²) in [4.78, 5) is 11.5. The predicted octanol–water partition coefficient (Wildman–Crippen LogP) is 3.20. The highest BCUT2D eigenvalue weighted by molar-refractivity contribution is 5.83. The first-order valence-electron chi connectivity index (χ1n) is 5.28. The fraction of sp³-hybridized carbons (Fsp3) is 0.750. The van der Waals surface area contributed by atoms with E-state index in [-0.39, 0.29) is 0 Å². The van der Waals surface area contributed by atoms with Gasteiger partial charge in [-0.2, -0.15) is 0 Å². The summed E-state index contributed by atoms with van der Waals surface area (Å²) in [5.41, 5.74) is 0. The number of allylic oxidation sites excluding steroid dienone is 1. The van der Waals surface area contributed by atoms with Crippen LogP contribution in [0.1, 0.15) is 39.5 Å². The summed E-state index contributed by atoms with van der Waals surface area (Å²) in [6.45, 7) is 8.14. The van der Waals surface area contributed by atoms with E-state index in [1.807, 2.05) is 6.08 Å². The van der Waals surface area contributed by atoms with Crippen LogP contribution in [0.4, 0.5) is 0 Å². The number of hydrogen-bond donors (Lipinski definition) is 0. The van der Waals surface area contributed by atoms with Gasteiger partial charge in [-0.1, -0.05) is 19.9 Å². The number of carbonyl (C=O) groups is 1. The van der Waals surface area contributed by atoms with Crippen LogP contribution in [0.5, 0.6) is 0 Å². The molecule has 0 aromatic rings. The number of carbonyl (C=O) groups excluding carboxylic acids is 1. The maximum Gasteiger partial charge on any atom is 0.136 e. The van der Waals surface area contributed by atoms with E-state index in [0.29, 0.717) is 23.5 Å². The van der Waals surface area contributed by atoms with Gasteiger partial charge in [0.05, 0.1) is 0 Å². The van der Waals surface area contributed by atoms with Crippen LogP contribution in [0, 0.1) is 17.8 Å². The van der Waals surface area contributed by atoms with Crippen LogP contribution < -0.4 is 0 Å². The zero-order valence-corrected chi connectivity index (χ0v) is 8.75. The highest BCUT2D eigenvalue weighted by Gasteiger charge is 2.31. The molecule has 1 heteroatoms. The molecule has 1 aliphatic rings. The summed E-state index contributed by atoms with van der Waals surface area (Å²) in [5.74, 6) is 2.06. The molecule has 0 aliphatic heterocycles. The van der Waals surface area contributed by atoms with Crippen molar-refractivity contribution in [2.75, 3.05) is 0 Å². The van der Waals surface area contributed by atoms with Crippen LogP contribution in [0.3, 0.4) is 0 Å². The second kappa shape index (κ2) is 4.59. The molecule has 0 heterocycles. The van der Waals surface area contributed by atoms with Crippen LogP contribution in [0.25, 0.3) is 0 Å². The van der Waals surface area contributed by atoms with Crippen LogP contribution >= 0.6 is 0 Å². The van der Waals surface area contributed by atoms with Crippen LogP contribution in [0.15, 0.2) is 12.7 Å². The largest absolute Gasteiger partial charge is 0.299 e. The third-order valence-corrected chi connectivity index (χ3v) is 3.17. The van der Waals surface area contributed by atoms with E-state index in [2.05, 4.69) is 20.4 Å². The molecule has 3 atom stereocenters. The van der Waals surface area contributed by atoms with Gasteiger partial charge in [-0.3, -0.25) is 4.79 Å². The number of Topliss-reactive ketones (excluding diaryl/α,β-unsaturated/α-hetero) is 1. The van der Waals surface area contributed by atoms with Gasteiger partial charge >= 0.3 is 0 Å². The first kappa shape index (κ1) is 10.5. The maximum absolute atomic E-state index is 11.5. The van der Waals surface area contributed by atoms with Crippen molar-refractivity contribution in [2.45, 2.75) is 39.5 Å². The lowest BCUT2D eigenvalue weighted by molar-refractivity contribution is -0.121. The quantitative estimate of drug-likeness (QED) is 0.607. The molecule has 0 saturated heterocycles. The van der Waals surface area contributed by atoms with Crippen molar-refractivity contribution in [2.24, 2.45) is 17.8 Å². The lowest BCUT2D eigenvalue weighted by Gasteiger charge is -2.17. The standard InChI is InChI=1S/C12H20O/c1-4-5-9(2)8-11-10(3)6-7-12(11)13/h4,9-11H,1,5-8H2,2-3H3/t9-,10?,11-/m1/s1. The minimum absolute atomic E-state index is 0.343. The van der Waals surface area contributed by atoms with Crippen molar-refractivity contribution < 1.29 is 4.79 Å². The lowest BCUT2D eigenvalue weighted by Crippen LogP contribution is -2.15. The Hall–Kier alpha value is -0.590. The van der Waals surface area contributed by atoms with E-state index in [0.717, 1.165) is 25.7 Å². The second-order valence-electron chi connectivity index (χ2n) is 4.45.